The second kappa shape index (κ2) is 6.23. The predicted molar refractivity (Wildman–Crippen MR) is 75.4 cm³/mol. The monoisotopic (exact) mass is 294 g/mol. The smallest absolute Gasteiger partial charge is 0.261 e. The van der Waals surface area contributed by atoms with Crippen molar-refractivity contribution in [3.8, 4) is 6.07 Å². The Bertz CT molecular complexity index is 584. The fourth-order valence-corrected chi connectivity index (χ4v) is 4.21. The first-order valence-corrected chi connectivity index (χ1v) is 8.60. The Kier molecular flexibility index (Phi) is 4.61. The highest BCUT2D eigenvalue weighted by molar-refractivity contribution is 7.91. The zero-order valence-electron chi connectivity index (χ0n) is 11.2. The van der Waals surface area contributed by atoms with Crippen LogP contribution >= 0.6 is 0 Å². The largest absolute Gasteiger partial charge is 0.348 e. The molecule has 20 heavy (non-hydrogen) atoms. The van der Waals surface area contributed by atoms with E-state index in [0.717, 1.165) is 19.3 Å². The number of sulfone groups is 1. The van der Waals surface area contributed by atoms with Gasteiger partial charge in [0.1, 0.15) is 11.6 Å². The van der Waals surface area contributed by atoms with Crippen molar-refractivity contribution < 1.29 is 13.2 Å². The van der Waals surface area contributed by atoms with Gasteiger partial charge in [-0.2, -0.15) is 5.26 Å². The van der Waals surface area contributed by atoms with Crippen molar-refractivity contribution in [2.45, 2.75) is 31.7 Å². The molecule has 0 bridgehead atoms. The van der Waals surface area contributed by atoms with Crippen molar-refractivity contribution in [1.82, 2.24) is 5.32 Å². The SMILES string of the molecule is N#C/C(=C\[C@@H]1CC=CCC1)C(=O)N[C@@H]1CCS(=O)(=O)C1. The predicted octanol–water partition coefficient (Wildman–Crippen LogP) is 1.10. The molecule has 2 rings (SSSR count). The summed E-state index contributed by atoms with van der Waals surface area (Å²) in [5.74, 6) is -0.155. The standard InChI is InChI=1S/C14H18N2O3S/c15-9-12(8-11-4-2-1-3-5-11)14(17)16-13-6-7-20(18,19)10-13/h1-2,8,11,13H,3-7,10H2,(H,16,17)/b12-8+/t11-,13-/m1/s1. The summed E-state index contributed by atoms with van der Waals surface area (Å²) >= 11 is 0. The fraction of sp³-hybridized carbons (Fsp3) is 0.571. The number of hydrogen-bond acceptors (Lipinski definition) is 4. The van der Waals surface area contributed by atoms with Crippen LogP contribution in [0.4, 0.5) is 0 Å². The molecule has 1 amide bonds. The van der Waals surface area contributed by atoms with Crippen LogP contribution in [0.2, 0.25) is 0 Å². The lowest BCUT2D eigenvalue weighted by Crippen LogP contribution is -2.36. The van der Waals surface area contributed by atoms with Gasteiger partial charge in [-0.25, -0.2) is 8.42 Å². The zero-order valence-corrected chi connectivity index (χ0v) is 12.0. The molecule has 2 atom stereocenters. The molecule has 0 aromatic heterocycles. The lowest BCUT2D eigenvalue weighted by Gasteiger charge is -2.15. The van der Waals surface area contributed by atoms with Crippen molar-refractivity contribution in [3.05, 3.63) is 23.8 Å². The molecule has 1 fully saturated rings. The summed E-state index contributed by atoms with van der Waals surface area (Å²) in [6.07, 6.45) is 9.04. The molecule has 0 aromatic rings. The molecule has 1 aliphatic heterocycles. The Labute approximate surface area is 119 Å². The van der Waals surface area contributed by atoms with Crippen LogP contribution in [0, 0.1) is 17.2 Å². The van der Waals surface area contributed by atoms with Crippen molar-refractivity contribution in [2.75, 3.05) is 11.5 Å². The van der Waals surface area contributed by atoms with Gasteiger partial charge in [0.25, 0.3) is 5.91 Å². The molecule has 0 spiro atoms. The summed E-state index contributed by atoms with van der Waals surface area (Å²) in [7, 11) is -3.03. The highest BCUT2D eigenvalue weighted by Crippen LogP contribution is 2.21. The van der Waals surface area contributed by atoms with Crippen LogP contribution in [-0.4, -0.2) is 31.9 Å². The van der Waals surface area contributed by atoms with E-state index in [-0.39, 0.29) is 29.0 Å². The van der Waals surface area contributed by atoms with E-state index in [1.165, 1.54) is 0 Å². The summed E-state index contributed by atoms with van der Waals surface area (Å²) in [6.45, 7) is 0. The van der Waals surface area contributed by atoms with Crippen LogP contribution in [0.5, 0.6) is 0 Å². The second-order valence-electron chi connectivity index (χ2n) is 5.31. The van der Waals surface area contributed by atoms with E-state index in [4.69, 9.17) is 5.26 Å². The summed E-state index contributed by atoms with van der Waals surface area (Å²) in [6, 6.07) is 1.55. The molecule has 108 valence electrons. The van der Waals surface area contributed by atoms with Crippen molar-refractivity contribution in [2.24, 2.45) is 5.92 Å². The lowest BCUT2D eigenvalue weighted by molar-refractivity contribution is -0.117. The fourth-order valence-electron chi connectivity index (χ4n) is 2.54. The van der Waals surface area contributed by atoms with Crippen LogP contribution in [0.25, 0.3) is 0 Å². The van der Waals surface area contributed by atoms with Crippen LogP contribution in [0.3, 0.4) is 0 Å². The highest BCUT2D eigenvalue weighted by atomic mass is 32.2. The van der Waals surface area contributed by atoms with E-state index in [1.807, 2.05) is 6.07 Å². The Morgan fingerprint density at radius 1 is 1.35 bits per heavy atom. The van der Waals surface area contributed by atoms with Crippen molar-refractivity contribution in [1.29, 1.82) is 5.26 Å². The lowest BCUT2D eigenvalue weighted by atomic mass is 9.92. The van der Waals surface area contributed by atoms with Gasteiger partial charge in [-0.05, 0) is 31.6 Å². The summed E-state index contributed by atoms with van der Waals surface area (Å²) in [5.41, 5.74) is 0.0922. The first-order chi connectivity index (χ1) is 9.50. The molecule has 1 N–H and O–H groups in total. The minimum atomic E-state index is -3.03. The molecule has 0 radical (unpaired) electrons. The molecular weight excluding hydrogens is 276 g/mol. The number of nitrogens with zero attached hydrogens (tertiary/aromatic N) is 1. The summed E-state index contributed by atoms with van der Waals surface area (Å²) in [5, 5.41) is 11.7. The van der Waals surface area contributed by atoms with Gasteiger partial charge >= 0.3 is 0 Å². The maximum Gasteiger partial charge on any atom is 0.261 e. The average Bonchev–Trinajstić information content (AvgIpc) is 2.76. The third-order valence-corrected chi connectivity index (χ3v) is 5.41. The van der Waals surface area contributed by atoms with Crippen LogP contribution < -0.4 is 5.32 Å². The molecule has 2 aliphatic rings. The molecule has 0 unspecified atom stereocenters. The van der Waals surface area contributed by atoms with Gasteiger partial charge < -0.3 is 5.32 Å². The topological polar surface area (TPSA) is 87.0 Å². The van der Waals surface area contributed by atoms with Crippen LogP contribution in [-0.2, 0) is 14.6 Å². The molecule has 1 aliphatic carbocycles. The van der Waals surface area contributed by atoms with E-state index in [2.05, 4.69) is 17.5 Å². The summed E-state index contributed by atoms with van der Waals surface area (Å²) in [4.78, 5) is 12.0. The van der Waals surface area contributed by atoms with Gasteiger partial charge in [0.2, 0.25) is 0 Å². The number of carbonyl (C=O) groups is 1. The maximum atomic E-state index is 12.0. The quantitative estimate of drug-likeness (QED) is 0.479. The van der Waals surface area contributed by atoms with E-state index in [1.54, 1.807) is 6.08 Å². The number of allylic oxidation sites excluding steroid dienone is 3. The summed E-state index contributed by atoms with van der Waals surface area (Å²) < 4.78 is 22.7. The first-order valence-electron chi connectivity index (χ1n) is 6.78. The number of hydrogen-bond donors (Lipinski definition) is 1. The van der Waals surface area contributed by atoms with E-state index in [0.29, 0.717) is 6.42 Å². The highest BCUT2D eigenvalue weighted by Gasteiger charge is 2.29. The minimum absolute atomic E-state index is 0.0242. The third-order valence-electron chi connectivity index (χ3n) is 3.64. The van der Waals surface area contributed by atoms with E-state index in [9.17, 15) is 13.2 Å². The number of carbonyl (C=O) groups excluding carboxylic acids is 1. The van der Waals surface area contributed by atoms with Crippen LogP contribution in [0.1, 0.15) is 25.7 Å². The zero-order chi connectivity index (χ0) is 14.6. The molecule has 6 heteroatoms. The van der Waals surface area contributed by atoms with Gasteiger partial charge in [-0.1, -0.05) is 18.2 Å². The van der Waals surface area contributed by atoms with Crippen molar-refractivity contribution in [3.63, 3.8) is 0 Å². The normalized spacial score (nSPS) is 28.9. The first kappa shape index (κ1) is 14.8. The van der Waals surface area contributed by atoms with Gasteiger partial charge in [-0.3, -0.25) is 4.79 Å². The van der Waals surface area contributed by atoms with E-state index >= 15 is 0 Å². The number of amides is 1. The number of rotatable bonds is 3. The molecule has 1 saturated heterocycles. The van der Waals surface area contributed by atoms with E-state index < -0.39 is 15.7 Å². The van der Waals surface area contributed by atoms with Gasteiger partial charge in [-0.15, -0.1) is 0 Å². The molecule has 0 aromatic carbocycles. The molecule has 5 nitrogen and oxygen atoms in total. The molecule has 0 saturated carbocycles. The average molecular weight is 294 g/mol. The number of nitriles is 1. The van der Waals surface area contributed by atoms with Gasteiger partial charge in [0.05, 0.1) is 11.5 Å². The number of nitrogens with one attached hydrogen (secondary N) is 1. The van der Waals surface area contributed by atoms with Crippen LogP contribution in [0.15, 0.2) is 23.8 Å². The Hall–Kier alpha value is -1.61. The van der Waals surface area contributed by atoms with Crippen molar-refractivity contribution >= 4 is 15.7 Å². The Morgan fingerprint density at radius 3 is 2.70 bits per heavy atom. The molecular formula is C14H18N2O3S. The maximum absolute atomic E-state index is 12.0. The molecule has 1 heterocycles. The van der Waals surface area contributed by atoms with Gasteiger partial charge in [0.15, 0.2) is 9.84 Å². The minimum Gasteiger partial charge on any atom is -0.348 e. The Morgan fingerprint density at radius 2 is 2.15 bits per heavy atom. The third kappa shape index (κ3) is 3.94. The van der Waals surface area contributed by atoms with Gasteiger partial charge in [0, 0.05) is 6.04 Å². The second-order valence-corrected chi connectivity index (χ2v) is 7.54. The Balaban J connectivity index is 1.97.